The summed E-state index contributed by atoms with van der Waals surface area (Å²) < 4.78 is 18.8. The molecular weight excluding hydrogens is 406 g/mol. The lowest BCUT2D eigenvalue weighted by Crippen LogP contribution is -2.77. The minimum absolute atomic E-state index is 0.0240. The molecule has 7 fully saturated rings. The number of ether oxygens (including phenoxy) is 3. The predicted octanol–water partition coefficient (Wildman–Crippen LogP) is 3.69. The van der Waals surface area contributed by atoms with Gasteiger partial charge in [-0.3, -0.25) is 14.5 Å². The van der Waals surface area contributed by atoms with Crippen molar-refractivity contribution in [3.8, 4) is 0 Å². The Labute approximate surface area is 191 Å². The Morgan fingerprint density at radius 2 is 1.84 bits per heavy atom. The summed E-state index contributed by atoms with van der Waals surface area (Å²) in [5, 5.41) is 0. The van der Waals surface area contributed by atoms with Gasteiger partial charge in [0.2, 0.25) is 0 Å². The van der Waals surface area contributed by atoms with Crippen molar-refractivity contribution in [3.05, 3.63) is 12.2 Å². The molecule has 2 saturated heterocycles. The lowest BCUT2D eigenvalue weighted by atomic mass is 9.33. The molecule has 1 unspecified atom stereocenters. The van der Waals surface area contributed by atoms with Gasteiger partial charge in [-0.05, 0) is 67.3 Å². The predicted molar refractivity (Wildman–Crippen MR) is 117 cm³/mol. The fourth-order valence-corrected chi connectivity index (χ4v) is 9.85. The number of carbonyl (C=O) groups is 2. The van der Waals surface area contributed by atoms with E-state index < -0.39 is 5.41 Å². The summed E-state index contributed by atoms with van der Waals surface area (Å²) in [5.41, 5.74) is 0.865. The van der Waals surface area contributed by atoms with Crippen LogP contribution in [0.15, 0.2) is 12.2 Å². The molecular formula is C26H37NO5. The number of hydrogen-bond donors (Lipinski definition) is 0. The summed E-state index contributed by atoms with van der Waals surface area (Å²) in [7, 11) is 0. The maximum Gasteiger partial charge on any atom is 0.303 e. The SMILES string of the molecule is C=C1[C@H]2CC[C@]3([C@@H]1OC(C)=O)[C@H](OC(C)=O)C[C@@H]1[C@@]4(C)CCC[C@@]1(C1OCCN1C4)[C@@H]3C2. The van der Waals surface area contributed by atoms with Gasteiger partial charge in [-0.15, -0.1) is 0 Å². The van der Waals surface area contributed by atoms with Gasteiger partial charge in [0, 0.05) is 32.4 Å². The molecule has 32 heavy (non-hydrogen) atoms. The normalized spacial score (nSPS) is 51.4. The smallest absolute Gasteiger partial charge is 0.303 e. The third-order valence-electron chi connectivity index (χ3n) is 10.6. The highest BCUT2D eigenvalue weighted by molar-refractivity contribution is 5.67. The first-order chi connectivity index (χ1) is 15.2. The van der Waals surface area contributed by atoms with Gasteiger partial charge in [0.1, 0.15) is 18.4 Å². The summed E-state index contributed by atoms with van der Waals surface area (Å²) in [4.78, 5) is 27.2. The highest BCUT2D eigenvalue weighted by Crippen LogP contribution is 2.75. The molecule has 4 bridgehead atoms. The van der Waals surface area contributed by atoms with Crippen LogP contribution >= 0.6 is 0 Å². The van der Waals surface area contributed by atoms with Crippen molar-refractivity contribution in [2.75, 3.05) is 19.7 Å². The number of piperidine rings is 1. The van der Waals surface area contributed by atoms with Gasteiger partial charge < -0.3 is 14.2 Å². The van der Waals surface area contributed by atoms with E-state index in [9.17, 15) is 9.59 Å². The van der Waals surface area contributed by atoms with Crippen molar-refractivity contribution >= 4 is 11.9 Å². The summed E-state index contributed by atoms with van der Waals surface area (Å²) in [5.74, 6) is 0.617. The fourth-order valence-electron chi connectivity index (χ4n) is 9.85. The first-order valence-electron chi connectivity index (χ1n) is 12.6. The highest BCUT2D eigenvalue weighted by atomic mass is 16.6. The van der Waals surface area contributed by atoms with Crippen molar-refractivity contribution in [3.63, 3.8) is 0 Å². The van der Waals surface area contributed by atoms with Gasteiger partial charge in [-0.2, -0.15) is 0 Å². The number of rotatable bonds is 2. The first-order valence-corrected chi connectivity index (χ1v) is 12.6. The standard InChI is InChI=1S/C26H37NO5/c1-15-18-6-9-26(22(15)32-17(3)29)20(12-18)25-8-5-7-24(4,14-27-10-11-30-23(25)27)19(25)13-21(26)31-16(2)28/h18-23H,1,5-14H2,2-4H3/t18-,19+,20-,21+,22+,23?,24-,25-,26+/m0/s1. The number of esters is 2. The summed E-state index contributed by atoms with van der Waals surface area (Å²) in [6.07, 6.45) is 6.97. The Morgan fingerprint density at radius 3 is 2.59 bits per heavy atom. The molecule has 7 rings (SSSR count). The lowest BCUT2D eigenvalue weighted by Gasteiger charge is -2.74. The zero-order chi connectivity index (χ0) is 22.5. The number of fused-ring (bicyclic) bond motifs is 3. The van der Waals surface area contributed by atoms with Crippen LogP contribution in [0.25, 0.3) is 0 Å². The van der Waals surface area contributed by atoms with E-state index in [1.165, 1.54) is 26.7 Å². The molecule has 0 aromatic carbocycles. The zero-order valence-corrected chi connectivity index (χ0v) is 19.7. The van der Waals surface area contributed by atoms with Crippen LogP contribution in [0.1, 0.15) is 65.7 Å². The Balaban J connectivity index is 1.55. The quantitative estimate of drug-likeness (QED) is 0.479. The van der Waals surface area contributed by atoms with Crippen LogP contribution in [-0.2, 0) is 23.8 Å². The molecule has 0 amide bonds. The number of carbonyl (C=O) groups excluding carboxylic acids is 2. The fraction of sp³-hybridized carbons (Fsp3) is 0.846. The molecule has 0 radical (unpaired) electrons. The third kappa shape index (κ3) is 2.49. The van der Waals surface area contributed by atoms with E-state index in [0.717, 1.165) is 57.4 Å². The van der Waals surface area contributed by atoms with Crippen molar-refractivity contribution < 1.29 is 23.8 Å². The Bertz CT molecular complexity index is 872. The van der Waals surface area contributed by atoms with E-state index in [1.807, 2.05) is 0 Å². The van der Waals surface area contributed by atoms with Gasteiger partial charge in [-0.1, -0.05) is 19.9 Å². The molecule has 176 valence electrons. The topological polar surface area (TPSA) is 65.1 Å². The van der Waals surface area contributed by atoms with Crippen LogP contribution < -0.4 is 0 Å². The van der Waals surface area contributed by atoms with Gasteiger partial charge in [0.05, 0.1) is 12.0 Å². The number of hydrogen-bond acceptors (Lipinski definition) is 6. The maximum atomic E-state index is 12.3. The van der Waals surface area contributed by atoms with E-state index in [-0.39, 0.29) is 41.2 Å². The van der Waals surface area contributed by atoms with Gasteiger partial charge >= 0.3 is 11.9 Å². The van der Waals surface area contributed by atoms with Crippen LogP contribution in [-0.4, -0.2) is 55.0 Å². The van der Waals surface area contributed by atoms with Crippen molar-refractivity contribution in [2.45, 2.75) is 84.2 Å². The van der Waals surface area contributed by atoms with Gasteiger partial charge in [0.15, 0.2) is 0 Å². The molecule has 7 aliphatic rings. The molecule has 5 aliphatic carbocycles. The lowest BCUT2D eigenvalue weighted by molar-refractivity contribution is -0.317. The van der Waals surface area contributed by atoms with Crippen LogP contribution in [0, 0.1) is 34.0 Å². The molecule has 0 aromatic rings. The van der Waals surface area contributed by atoms with E-state index in [0.29, 0.717) is 17.8 Å². The van der Waals surface area contributed by atoms with Gasteiger partial charge in [0.25, 0.3) is 0 Å². The summed E-state index contributed by atoms with van der Waals surface area (Å²) in [6.45, 7) is 12.8. The maximum absolute atomic E-state index is 12.3. The van der Waals surface area contributed by atoms with E-state index >= 15 is 0 Å². The molecule has 0 aromatic heterocycles. The summed E-state index contributed by atoms with van der Waals surface area (Å²) >= 11 is 0. The molecule has 6 heteroatoms. The molecule has 2 heterocycles. The zero-order valence-electron chi connectivity index (χ0n) is 19.7. The van der Waals surface area contributed by atoms with E-state index in [4.69, 9.17) is 14.2 Å². The Morgan fingerprint density at radius 1 is 1.06 bits per heavy atom. The minimum atomic E-state index is -0.396. The van der Waals surface area contributed by atoms with Crippen LogP contribution in [0.4, 0.5) is 0 Å². The number of nitrogens with zero attached hydrogens (tertiary/aromatic N) is 1. The minimum Gasteiger partial charge on any atom is -0.462 e. The van der Waals surface area contributed by atoms with Gasteiger partial charge in [-0.25, -0.2) is 0 Å². The Kier molecular flexibility index (Phi) is 4.51. The molecule has 5 saturated carbocycles. The second kappa shape index (κ2) is 6.82. The molecule has 1 spiro atoms. The van der Waals surface area contributed by atoms with Crippen molar-refractivity contribution in [1.82, 2.24) is 4.90 Å². The average molecular weight is 444 g/mol. The molecule has 0 N–H and O–H groups in total. The monoisotopic (exact) mass is 443 g/mol. The van der Waals surface area contributed by atoms with E-state index in [2.05, 4.69) is 18.4 Å². The van der Waals surface area contributed by atoms with Crippen LogP contribution in [0.3, 0.4) is 0 Å². The Hall–Kier alpha value is -1.40. The largest absolute Gasteiger partial charge is 0.462 e. The first kappa shape index (κ1) is 21.2. The second-order valence-corrected chi connectivity index (χ2v) is 11.9. The average Bonchev–Trinajstić information content (AvgIpc) is 3.18. The highest BCUT2D eigenvalue weighted by Gasteiger charge is 2.77. The third-order valence-corrected chi connectivity index (χ3v) is 10.6. The van der Waals surface area contributed by atoms with Crippen molar-refractivity contribution in [2.24, 2.45) is 34.0 Å². The summed E-state index contributed by atoms with van der Waals surface area (Å²) in [6, 6.07) is 0. The van der Waals surface area contributed by atoms with Crippen LogP contribution in [0.5, 0.6) is 0 Å². The van der Waals surface area contributed by atoms with Crippen molar-refractivity contribution in [1.29, 1.82) is 0 Å². The van der Waals surface area contributed by atoms with E-state index in [1.54, 1.807) is 0 Å². The molecule has 6 nitrogen and oxygen atoms in total. The second-order valence-electron chi connectivity index (χ2n) is 11.9. The molecule has 9 atom stereocenters. The molecule has 2 aliphatic heterocycles. The van der Waals surface area contributed by atoms with Crippen LogP contribution in [0.2, 0.25) is 0 Å².